The lowest BCUT2D eigenvalue weighted by Crippen LogP contribution is -1.95. The normalized spacial score (nSPS) is 12.1. The highest BCUT2D eigenvalue weighted by Gasteiger charge is 2.00. The summed E-state index contributed by atoms with van der Waals surface area (Å²) in [5, 5.41) is 9.05. The maximum Gasteiger partial charge on any atom is 0.115 e. The van der Waals surface area contributed by atoms with Gasteiger partial charge in [-0.05, 0) is 38.1 Å². The smallest absolute Gasteiger partial charge is 0.115 e. The molecule has 2 nitrogen and oxygen atoms in total. The number of hydrogen-bond acceptors (Lipinski definition) is 2. The Balaban J connectivity index is 2.70. The Morgan fingerprint density at radius 2 is 1.93 bits per heavy atom. The number of rotatable bonds is 3. The number of phenols is 1. The summed E-state index contributed by atoms with van der Waals surface area (Å²) in [5.74, 6) is 0.737. The van der Waals surface area contributed by atoms with Crippen LogP contribution in [0.15, 0.2) is 40.8 Å². The van der Waals surface area contributed by atoms with E-state index in [1.54, 1.807) is 24.3 Å². The molecule has 0 amide bonds. The summed E-state index contributed by atoms with van der Waals surface area (Å²) < 4.78 is 11.6. The zero-order valence-electron chi connectivity index (χ0n) is 8.36. The van der Waals surface area contributed by atoms with Gasteiger partial charge in [0.15, 0.2) is 0 Å². The molecule has 1 N–H and O–H groups in total. The van der Waals surface area contributed by atoms with Crippen molar-refractivity contribution in [2.75, 3.05) is 5.75 Å². The van der Waals surface area contributed by atoms with Crippen LogP contribution < -0.4 is 0 Å². The quantitative estimate of drug-likeness (QED) is 0.778. The van der Waals surface area contributed by atoms with Crippen molar-refractivity contribution in [2.45, 2.75) is 18.7 Å². The minimum atomic E-state index is -1.000. The third-order valence-corrected chi connectivity index (χ3v) is 3.01. The van der Waals surface area contributed by atoms with E-state index < -0.39 is 10.8 Å². The Morgan fingerprint density at radius 3 is 2.43 bits per heavy atom. The van der Waals surface area contributed by atoms with E-state index in [9.17, 15) is 4.21 Å². The largest absolute Gasteiger partial charge is 0.508 e. The van der Waals surface area contributed by atoms with E-state index >= 15 is 0 Å². The van der Waals surface area contributed by atoms with E-state index in [-0.39, 0.29) is 5.75 Å². The first kappa shape index (κ1) is 11.0. The number of phenolic OH excluding ortho intramolecular Hbond substituents is 1. The van der Waals surface area contributed by atoms with Gasteiger partial charge in [0, 0.05) is 10.6 Å². The first-order valence-corrected chi connectivity index (χ1v) is 5.72. The number of aromatic hydroxyl groups is 1. The topological polar surface area (TPSA) is 37.3 Å². The molecule has 76 valence electrons. The SMILES string of the molecule is CC(C)=CC[S@@](=O)c1ccc(O)cc1. The molecule has 1 rings (SSSR count). The van der Waals surface area contributed by atoms with Crippen molar-refractivity contribution in [1.82, 2.24) is 0 Å². The second kappa shape index (κ2) is 4.96. The number of allylic oxidation sites excluding steroid dienone is 1. The molecule has 0 aromatic heterocycles. The number of hydrogen-bond donors (Lipinski definition) is 1. The van der Waals surface area contributed by atoms with Gasteiger partial charge in [0.05, 0.1) is 10.8 Å². The molecule has 0 bridgehead atoms. The minimum Gasteiger partial charge on any atom is -0.508 e. The van der Waals surface area contributed by atoms with Gasteiger partial charge in [-0.2, -0.15) is 0 Å². The first-order chi connectivity index (χ1) is 6.59. The monoisotopic (exact) mass is 210 g/mol. The fraction of sp³-hybridized carbons (Fsp3) is 0.273. The lowest BCUT2D eigenvalue weighted by molar-refractivity contribution is 0.475. The Labute approximate surface area is 86.7 Å². The van der Waals surface area contributed by atoms with Gasteiger partial charge in [-0.25, -0.2) is 0 Å². The van der Waals surface area contributed by atoms with Crippen LogP contribution in [0.25, 0.3) is 0 Å². The van der Waals surface area contributed by atoms with Crippen LogP contribution in [0.2, 0.25) is 0 Å². The Morgan fingerprint density at radius 1 is 1.36 bits per heavy atom. The second-order valence-corrected chi connectivity index (χ2v) is 4.78. The predicted molar refractivity (Wildman–Crippen MR) is 58.8 cm³/mol. The van der Waals surface area contributed by atoms with Gasteiger partial charge in [0.2, 0.25) is 0 Å². The minimum absolute atomic E-state index is 0.202. The zero-order valence-corrected chi connectivity index (χ0v) is 9.17. The molecule has 0 spiro atoms. The van der Waals surface area contributed by atoms with Gasteiger partial charge >= 0.3 is 0 Å². The van der Waals surface area contributed by atoms with Crippen LogP contribution in [0.5, 0.6) is 5.75 Å². The van der Waals surface area contributed by atoms with Gasteiger partial charge < -0.3 is 5.11 Å². The van der Waals surface area contributed by atoms with Crippen molar-refractivity contribution in [3.05, 3.63) is 35.9 Å². The summed E-state index contributed by atoms with van der Waals surface area (Å²) in [5.41, 5.74) is 1.16. The van der Waals surface area contributed by atoms with Crippen molar-refractivity contribution < 1.29 is 9.32 Å². The summed E-state index contributed by atoms with van der Waals surface area (Å²) >= 11 is 0. The molecule has 3 heteroatoms. The molecular formula is C11H14O2S. The lowest BCUT2D eigenvalue weighted by Gasteiger charge is -1.99. The van der Waals surface area contributed by atoms with Crippen LogP contribution in [-0.2, 0) is 10.8 Å². The molecule has 0 fully saturated rings. The third-order valence-electron chi connectivity index (χ3n) is 1.74. The van der Waals surface area contributed by atoms with Crippen LogP contribution in [0.1, 0.15) is 13.8 Å². The van der Waals surface area contributed by atoms with Crippen LogP contribution in [0, 0.1) is 0 Å². The highest BCUT2D eigenvalue weighted by atomic mass is 32.2. The van der Waals surface area contributed by atoms with E-state index in [1.165, 1.54) is 0 Å². The van der Waals surface area contributed by atoms with Gasteiger partial charge in [-0.3, -0.25) is 4.21 Å². The van der Waals surface area contributed by atoms with Crippen LogP contribution in [0.3, 0.4) is 0 Å². The molecule has 0 saturated heterocycles. The van der Waals surface area contributed by atoms with Crippen LogP contribution in [0.4, 0.5) is 0 Å². The molecule has 0 saturated carbocycles. The molecule has 1 aromatic carbocycles. The van der Waals surface area contributed by atoms with Crippen LogP contribution in [-0.4, -0.2) is 15.1 Å². The Hall–Kier alpha value is -1.09. The third kappa shape index (κ3) is 3.34. The molecule has 14 heavy (non-hydrogen) atoms. The highest BCUT2D eigenvalue weighted by molar-refractivity contribution is 7.85. The highest BCUT2D eigenvalue weighted by Crippen LogP contribution is 2.13. The molecule has 0 aliphatic carbocycles. The first-order valence-electron chi connectivity index (χ1n) is 4.40. The standard InChI is InChI=1S/C11H14O2S/c1-9(2)7-8-14(13)11-5-3-10(12)4-6-11/h3-7,12H,8H2,1-2H3/t14-/m1/s1. The van der Waals surface area contributed by atoms with E-state index in [4.69, 9.17) is 5.11 Å². The van der Waals surface area contributed by atoms with Crippen molar-refractivity contribution in [2.24, 2.45) is 0 Å². The zero-order chi connectivity index (χ0) is 10.6. The molecule has 0 heterocycles. The van der Waals surface area contributed by atoms with Crippen molar-refractivity contribution in [1.29, 1.82) is 0 Å². The summed E-state index contributed by atoms with van der Waals surface area (Å²) in [6.07, 6.45) is 1.95. The van der Waals surface area contributed by atoms with E-state index in [1.807, 2.05) is 19.9 Å². The lowest BCUT2D eigenvalue weighted by atomic mass is 10.3. The molecule has 0 radical (unpaired) electrons. The molecule has 0 aliphatic heterocycles. The van der Waals surface area contributed by atoms with E-state index in [0.29, 0.717) is 5.75 Å². The number of benzene rings is 1. The molecule has 1 atom stereocenters. The molecule has 0 unspecified atom stereocenters. The molecule has 1 aromatic rings. The molecular weight excluding hydrogens is 196 g/mol. The summed E-state index contributed by atoms with van der Waals surface area (Å²) in [6.45, 7) is 3.96. The van der Waals surface area contributed by atoms with E-state index in [2.05, 4.69) is 0 Å². The summed E-state index contributed by atoms with van der Waals surface area (Å²) in [7, 11) is -1.000. The summed E-state index contributed by atoms with van der Waals surface area (Å²) in [4.78, 5) is 0.750. The Kier molecular flexibility index (Phi) is 3.89. The van der Waals surface area contributed by atoms with Crippen molar-refractivity contribution in [3.8, 4) is 5.75 Å². The average molecular weight is 210 g/mol. The van der Waals surface area contributed by atoms with Gasteiger partial charge in [0.25, 0.3) is 0 Å². The van der Waals surface area contributed by atoms with E-state index in [0.717, 1.165) is 10.5 Å². The summed E-state index contributed by atoms with van der Waals surface area (Å²) in [6, 6.07) is 6.47. The Bertz CT molecular complexity index is 348. The van der Waals surface area contributed by atoms with Crippen LogP contribution >= 0.6 is 0 Å². The maximum atomic E-state index is 11.6. The average Bonchev–Trinajstić information content (AvgIpc) is 2.15. The fourth-order valence-electron chi connectivity index (χ4n) is 0.936. The predicted octanol–water partition coefficient (Wildman–Crippen LogP) is 2.47. The fourth-order valence-corrected chi connectivity index (χ4v) is 2.05. The maximum absolute atomic E-state index is 11.6. The molecule has 0 aliphatic rings. The van der Waals surface area contributed by atoms with Gasteiger partial charge in [0.1, 0.15) is 5.75 Å². The van der Waals surface area contributed by atoms with Gasteiger partial charge in [-0.1, -0.05) is 11.6 Å². The second-order valence-electron chi connectivity index (χ2n) is 3.29. The van der Waals surface area contributed by atoms with Crippen molar-refractivity contribution in [3.63, 3.8) is 0 Å². The van der Waals surface area contributed by atoms with Crippen molar-refractivity contribution >= 4 is 10.8 Å². The van der Waals surface area contributed by atoms with Gasteiger partial charge in [-0.15, -0.1) is 0 Å².